The summed E-state index contributed by atoms with van der Waals surface area (Å²) in [4.78, 5) is 36.6. The maximum absolute atomic E-state index is 11.8. The highest BCUT2D eigenvalue weighted by Gasteiger charge is 2.42. The Bertz CT molecular complexity index is 515. The zero-order valence-corrected chi connectivity index (χ0v) is 10.6. The molecule has 100 valence electrons. The van der Waals surface area contributed by atoms with Crippen molar-refractivity contribution in [1.82, 2.24) is 9.80 Å². The molecule has 2 N–H and O–H groups in total. The lowest BCUT2D eigenvalue weighted by molar-refractivity contribution is -0.142. The minimum Gasteiger partial charge on any atom is -0.330 e. The standard InChI is InChI=1S/C13H15N3O3/c1-15-11(17)12(18)16(13(15)19)8-10(7-14)9-5-3-2-4-6-9/h2-6,10H,7-8,14H2,1H3. The van der Waals surface area contributed by atoms with Crippen molar-refractivity contribution in [3.63, 3.8) is 0 Å². The molecule has 4 amide bonds. The lowest BCUT2D eigenvalue weighted by Gasteiger charge is -2.20. The topological polar surface area (TPSA) is 83.7 Å². The molecule has 1 atom stereocenters. The zero-order chi connectivity index (χ0) is 14.0. The van der Waals surface area contributed by atoms with Crippen molar-refractivity contribution in [2.75, 3.05) is 20.1 Å². The smallest absolute Gasteiger partial charge is 0.330 e. The Morgan fingerprint density at radius 1 is 1.11 bits per heavy atom. The molecule has 0 radical (unpaired) electrons. The normalized spacial score (nSPS) is 17.3. The summed E-state index contributed by atoms with van der Waals surface area (Å²) < 4.78 is 0. The molecule has 1 fully saturated rings. The van der Waals surface area contributed by atoms with Crippen LogP contribution in [0.5, 0.6) is 0 Å². The molecule has 0 saturated carbocycles. The second-order valence-electron chi connectivity index (χ2n) is 4.41. The van der Waals surface area contributed by atoms with Crippen LogP contribution < -0.4 is 5.73 Å². The summed E-state index contributed by atoms with van der Waals surface area (Å²) in [5.74, 6) is -1.76. The van der Waals surface area contributed by atoms with Gasteiger partial charge in [-0.2, -0.15) is 0 Å². The number of rotatable bonds is 4. The minimum absolute atomic E-state index is 0.119. The van der Waals surface area contributed by atoms with E-state index >= 15 is 0 Å². The highest BCUT2D eigenvalue weighted by atomic mass is 16.2. The maximum Gasteiger partial charge on any atom is 0.333 e. The van der Waals surface area contributed by atoms with E-state index in [-0.39, 0.29) is 12.5 Å². The molecule has 1 aliphatic heterocycles. The van der Waals surface area contributed by atoms with Gasteiger partial charge in [0.05, 0.1) is 0 Å². The molecule has 2 rings (SSSR count). The van der Waals surface area contributed by atoms with E-state index in [1.807, 2.05) is 30.3 Å². The SMILES string of the molecule is CN1C(=O)C(=O)N(CC(CN)c2ccccc2)C1=O. The fraction of sp³-hybridized carbons (Fsp3) is 0.308. The van der Waals surface area contributed by atoms with Gasteiger partial charge in [0.1, 0.15) is 0 Å². The summed E-state index contributed by atoms with van der Waals surface area (Å²) >= 11 is 0. The molecular formula is C13H15N3O3. The molecule has 1 aliphatic rings. The van der Waals surface area contributed by atoms with Crippen LogP contribution in [0.4, 0.5) is 4.79 Å². The van der Waals surface area contributed by atoms with Gasteiger partial charge in [0.25, 0.3) is 0 Å². The second-order valence-corrected chi connectivity index (χ2v) is 4.41. The number of hydrogen-bond acceptors (Lipinski definition) is 4. The summed E-state index contributed by atoms with van der Waals surface area (Å²) in [5, 5.41) is 0. The van der Waals surface area contributed by atoms with Crippen LogP contribution in [0.3, 0.4) is 0 Å². The van der Waals surface area contributed by atoms with E-state index in [1.165, 1.54) is 7.05 Å². The molecule has 6 nitrogen and oxygen atoms in total. The highest BCUT2D eigenvalue weighted by Crippen LogP contribution is 2.19. The van der Waals surface area contributed by atoms with Crippen molar-refractivity contribution in [2.45, 2.75) is 5.92 Å². The molecule has 0 spiro atoms. The van der Waals surface area contributed by atoms with E-state index in [2.05, 4.69) is 0 Å². The number of carbonyl (C=O) groups is 3. The average molecular weight is 261 g/mol. The lowest BCUT2D eigenvalue weighted by atomic mass is 9.99. The molecular weight excluding hydrogens is 246 g/mol. The monoisotopic (exact) mass is 261 g/mol. The van der Waals surface area contributed by atoms with E-state index in [0.717, 1.165) is 15.4 Å². The Morgan fingerprint density at radius 3 is 2.21 bits per heavy atom. The summed E-state index contributed by atoms with van der Waals surface area (Å²) in [5.41, 5.74) is 6.63. The molecule has 0 aromatic heterocycles. The van der Waals surface area contributed by atoms with Gasteiger partial charge in [0.2, 0.25) is 0 Å². The van der Waals surface area contributed by atoms with Gasteiger partial charge < -0.3 is 5.73 Å². The molecule has 6 heteroatoms. The third-order valence-corrected chi connectivity index (χ3v) is 3.21. The zero-order valence-electron chi connectivity index (χ0n) is 10.6. The summed E-state index contributed by atoms with van der Waals surface area (Å²) in [6.07, 6.45) is 0. The molecule has 1 aromatic rings. The number of likely N-dealkylation sites (N-methyl/N-ethyl adjacent to an activating group) is 1. The summed E-state index contributed by atoms with van der Waals surface area (Å²) in [6.45, 7) is 0.410. The van der Waals surface area contributed by atoms with Gasteiger partial charge in [0.15, 0.2) is 0 Å². The van der Waals surface area contributed by atoms with Crippen LogP contribution in [0, 0.1) is 0 Å². The largest absolute Gasteiger partial charge is 0.333 e. The van der Waals surface area contributed by atoms with Gasteiger partial charge in [-0.05, 0) is 5.56 Å². The number of benzene rings is 1. The Kier molecular flexibility index (Phi) is 3.62. The average Bonchev–Trinajstić information content (AvgIpc) is 2.62. The van der Waals surface area contributed by atoms with E-state index in [1.54, 1.807) is 0 Å². The van der Waals surface area contributed by atoms with Crippen molar-refractivity contribution in [1.29, 1.82) is 0 Å². The Labute approximate surface area is 110 Å². The van der Waals surface area contributed by atoms with Gasteiger partial charge in [-0.15, -0.1) is 0 Å². The third-order valence-electron chi connectivity index (χ3n) is 3.21. The van der Waals surface area contributed by atoms with E-state index < -0.39 is 17.8 Å². The predicted molar refractivity (Wildman–Crippen MR) is 68.1 cm³/mol. The number of amides is 4. The number of carbonyl (C=O) groups excluding carboxylic acids is 3. The van der Waals surface area contributed by atoms with Crippen LogP contribution >= 0.6 is 0 Å². The first-order valence-electron chi connectivity index (χ1n) is 5.94. The molecule has 0 aliphatic carbocycles. The molecule has 1 saturated heterocycles. The number of imide groups is 2. The van der Waals surface area contributed by atoms with Crippen molar-refractivity contribution in [2.24, 2.45) is 5.73 Å². The lowest BCUT2D eigenvalue weighted by Crippen LogP contribution is -2.37. The molecule has 1 heterocycles. The number of nitrogens with zero attached hydrogens (tertiary/aromatic N) is 2. The third kappa shape index (κ3) is 2.34. The summed E-state index contributed by atoms with van der Waals surface area (Å²) in [6, 6.07) is 8.78. The number of hydrogen-bond donors (Lipinski definition) is 1. The second kappa shape index (κ2) is 5.19. The van der Waals surface area contributed by atoms with E-state index in [4.69, 9.17) is 5.73 Å². The van der Waals surface area contributed by atoms with Crippen molar-refractivity contribution < 1.29 is 14.4 Å². The fourth-order valence-corrected chi connectivity index (χ4v) is 2.04. The van der Waals surface area contributed by atoms with Crippen LogP contribution in [0.1, 0.15) is 11.5 Å². The van der Waals surface area contributed by atoms with Crippen molar-refractivity contribution >= 4 is 17.8 Å². The van der Waals surface area contributed by atoms with Gasteiger partial charge in [-0.3, -0.25) is 19.4 Å². The van der Waals surface area contributed by atoms with Crippen molar-refractivity contribution in [3.8, 4) is 0 Å². The first kappa shape index (κ1) is 13.2. The van der Waals surface area contributed by atoms with Crippen molar-refractivity contribution in [3.05, 3.63) is 35.9 Å². The van der Waals surface area contributed by atoms with Gasteiger partial charge in [-0.25, -0.2) is 4.79 Å². The molecule has 1 aromatic carbocycles. The summed E-state index contributed by atoms with van der Waals surface area (Å²) in [7, 11) is 1.29. The van der Waals surface area contributed by atoms with Gasteiger partial charge >= 0.3 is 17.8 Å². The molecule has 0 bridgehead atoms. The first-order valence-corrected chi connectivity index (χ1v) is 5.94. The van der Waals surface area contributed by atoms with Crippen LogP contribution in [0.15, 0.2) is 30.3 Å². The van der Waals surface area contributed by atoms with Crippen LogP contribution in [0.25, 0.3) is 0 Å². The quantitative estimate of drug-likeness (QED) is 0.617. The number of urea groups is 1. The first-order chi connectivity index (χ1) is 9.06. The Morgan fingerprint density at radius 2 is 1.74 bits per heavy atom. The van der Waals surface area contributed by atoms with E-state index in [9.17, 15) is 14.4 Å². The van der Waals surface area contributed by atoms with E-state index in [0.29, 0.717) is 6.54 Å². The van der Waals surface area contributed by atoms with Crippen LogP contribution in [-0.4, -0.2) is 47.8 Å². The molecule has 19 heavy (non-hydrogen) atoms. The number of nitrogens with two attached hydrogens (primary N) is 1. The highest BCUT2D eigenvalue weighted by molar-refractivity contribution is 6.44. The predicted octanol–water partition coefficient (Wildman–Crippen LogP) is 0.150. The fourth-order valence-electron chi connectivity index (χ4n) is 2.04. The minimum atomic E-state index is -0.797. The Balaban J connectivity index is 2.18. The Hall–Kier alpha value is -2.21. The molecule has 1 unspecified atom stereocenters. The van der Waals surface area contributed by atoms with Gasteiger partial charge in [0, 0.05) is 26.1 Å². The van der Waals surface area contributed by atoms with Gasteiger partial charge in [-0.1, -0.05) is 30.3 Å². The van der Waals surface area contributed by atoms with Crippen LogP contribution in [0.2, 0.25) is 0 Å². The maximum atomic E-state index is 11.8. The van der Waals surface area contributed by atoms with Crippen LogP contribution in [-0.2, 0) is 9.59 Å².